The predicted octanol–water partition coefficient (Wildman–Crippen LogP) is 1.81. The molecule has 60 valence electrons. The summed E-state index contributed by atoms with van der Waals surface area (Å²) in [4.78, 5) is 4.11. The fourth-order valence-corrected chi connectivity index (χ4v) is 0.921. The largest absolute Gasteiger partial charge is 0.370 e. The van der Waals surface area contributed by atoms with E-state index in [1.54, 1.807) is 6.20 Å². The summed E-state index contributed by atoms with van der Waals surface area (Å²) in [6.45, 7) is 0.945. The summed E-state index contributed by atoms with van der Waals surface area (Å²) in [5, 5.41) is 3.19. The van der Waals surface area contributed by atoms with E-state index in [2.05, 4.69) is 22.9 Å². The van der Waals surface area contributed by atoms with Gasteiger partial charge in [0.1, 0.15) is 5.82 Å². The standard InChI is InChI=1S/C8H12N2S/c11-7-3-6-10-8-4-1-2-5-9-8/h1-2,4-5,11H,3,6-7H2,(H,9,10). The van der Waals surface area contributed by atoms with Crippen molar-refractivity contribution in [3.05, 3.63) is 24.4 Å². The van der Waals surface area contributed by atoms with Crippen LogP contribution in [-0.4, -0.2) is 17.3 Å². The van der Waals surface area contributed by atoms with Gasteiger partial charge >= 0.3 is 0 Å². The Labute approximate surface area is 72.5 Å². The molecule has 2 nitrogen and oxygen atoms in total. The molecule has 3 heteroatoms. The van der Waals surface area contributed by atoms with E-state index in [9.17, 15) is 0 Å². The van der Waals surface area contributed by atoms with E-state index in [1.807, 2.05) is 18.2 Å². The maximum atomic E-state index is 4.11. The Hall–Kier alpha value is -0.700. The van der Waals surface area contributed by atoms with Gasteiger partial charge in [-0.1, -0.05) is 6.07 Å². The summed E-state index contributed by atoms with van der Waals surface area (Å²) in [7, 11) is 0. The van der Waals surface area contributed by atoms with E-state index in [0.717, 1.165) is 24.5 Å². The molecule has 0 aromatic carbocycles. The summed E-state index contributed by atoms with van der Waals surface area (Å²) >= 11 is 4.11. The van der Waals surface area contributed by atoms with Crippen molar-refractivity contribution in [2.24, 2.45) is 0 Å². The van der Waals surface area contributed by atoms with Crippen molar-refractivity contribution in [2.75, 3.05) is 17.6 Å². The second kappa shape index (κ2) is 5.02. The van der Waals surface area contributed by atoms with Crippen LogP contribution in [0.5, 0.6) is 0 Å². The van der Waals surface area contributed by atoms with E-state index in [1.165, 1.54) is 0 Å². The second-order valence-corrected chi connectivity index (χ2v) is 2.67. The molecule has 0 aliphatic heterocycles. The first kappa shape index (κ1) is 8.40. The van der Waals surface area contributed by atoms with Gasteiger partial charge in [0, 0.05) is 12.7 Å². The van der Waals surface area contributed by atoms with Gasteiger partial charge in [-0.15, -0.1) is 0 Å². The Bertz CT molecular complexity index is 189. The van der Waals surface area contributed by atoms with Crippen molar-refractivity contribution in [3.8, 4) is 0 Å². The van der Waals surface area contributed by atoms with Crippen LogP contribution in [0.1, 0.15) is 6.42 Å². The first-order chi connectivity index (χ1) is 5.43. The van der Waals surface area contributed by atoms with Crippen LogP contribution in [0.2, 0.25) is 0 Å². The SMILES string of the molecule is SCCCNc1ccccn1. The van der Waals surface area contributed by atoms with Gasteiger partial charge in [0.05, 0.1) is 0 Å². The lowest BCUT2D eigenvalue weighted by molar-refractivity contribution is 0.984. The Morgan fingerprint density at radius 3 is 3.00 bits per heavy atom. The number of nitrogens with one attached hydrogen (secondary N) is 1. The van der Waals surface area contributed by atoms with Gasteiger partial charge in [-0.25, -0.2) is 4.98 Å². The summed E-state index contributed by atoms with van der Waals surface area (Å²) in [6.07, 6.45) is 2.85. The minimum Gasteiger partial charge on any atom is -0.370 e. The molecule has 0 amide bonds. The van der Waals surface area contributed by atoms with Gasteiger partial charge in [0.25, 0.3) is 0 Å². The Kier molecular flexibility index (Phi) is 3.83. The maximum absolute atomic E-state index is 4.11. The molecule has 0 bridgehead atoms. The molecule has 1 aromatic heterocycles. The van der Waals surface area contributed by atoms with Crippen LogP contribution in [0, 0.1) is 0 Å². The third-order valence-corrected chi connectivity index (χ3v) is 1.62. The molecule has 0 aliphatic carbocycles. The highest BCUT2D eigenvalue weighted by Crippen LogP contribution is 1.99. The van der Waals surface area contributed by atoms with Crippen LogP contribution in [0.15, 0.2) is 24.4 Å². The van der Waals surface area contributed by atoms with Crippen molar-refractivity contribution < 1.29 is 0 Å². The molecule has 0 aliphatic rings. The third-order valence-electron chi connectivity index (χ3n) is 1.31. The summed E-state index contributed by atoms with van der Waals surface area (Å²) in [5.74, 6) is 1.86. The van der Waals surface area contributed by atoms with E-state index in [4.69, 9.17) is 0 Å². The van der Waals surface area contributed by atoms with Gasteiger partial charge in [-0.3, -0.25) is 0 Å². The van der Waals surface area contributed by atoms with Gasteiger partial charge in [0.15, 0.2) is 0 Å². The molecule has 0 saturated carbocycles. The van der Waals surface area contributed by atoms with Crippen LogP contribution in [-0.2, 0) is 0 Å². The lowest BCUT2D eigenvalue weighted by atomic mass is 10.4. The fraction of sp³-hybridized carbons (Fsp3) is 0.375. The number of hydrogen-bond acceptors (Lipinski definition) is 3. The van der Waals surface area contributed by atoms with Crippen LogP contribution >= 0.6 is 12.6 Å². The molecule has 0 fully saturated rings. The van der Waals surface area contributed by atoms with Crippen LogP contribution in [0.3, 0.4) is 0 Å². The Balaban J connectivity index is 2.28. The molecule has 0 unspecified atom stereocenters. The fourth-order valence-electron chi connectivity index (χ4n) is 0.763. The summed E-state index contributed by atoms with van der Waals surface area (Å²) in [5.41, 5.74) is 0. The van der Waals surface area contributed by atoms with Gasteiger partial charge < -0.3 is 5.32 Å². The number of aromatic nitrogens is 1. The average molecular weight is 168 g/mol. The monoisotopic (exact) mass is 168 g/mol. The molecule has 0 saturated heterocycles. The number of thiol groups is 1. The van der Waals surface area contributed by atoms with Gasteiger partial charge in [-0.05, 0) is 24.3 Å². The zero-order chi connectivity index (χ0) is 7.94. The van der Waals surface area contributed by atoms with Gasteiger partial charge in [-0.2, -0.15) is 12.6 Å². The molecule has 11 heavy (non-hydrogen) atoms. The summed E-state index contributed by atoms with van der Waals surface area (Å²) < 4.78 is 0. The van der Waals surface area contributed by atoms with Crippen LogP contribution in [0.25, 0.3) is 0 Å². The van der Waals surface area contributed by atoms with Crippen LogP contribution < -0.4 is 5.32 Å². The predicted molar refractivity (Wildman–Crippen MR) is 51.2 cm³/mol. The molecule has 0 radical (unpaired) electrons. The molecule has 1 aromatic rings. The highest BCUT2D eigenvalue weighted by Gasteiger charge is 1.87. The molecule has 0 spiro atoms. The molecular weight excluding hydrogens is 156 g/mol. The highest BCUT2D eigenvalue weighted by molar-refractivity contribution is 7.80. The minimum absolute atomic E-state index is 0.917. The van der Waals surface area contributed by atoms with E-state index >= 15 is 0 Å². The average Bonchev–Trinajstić information content (AvgIpc) is 2.07. The third kappa shape index (κ3) is 3.28. The van der Waals surface area contributed by atoms with Crippen molar-refractivity contribution in [1.82, 2.24) is 4.98 Å². The molecular formula is C8H12N2S. The Morgan fingerprint density at radius 1 is 1.45 bits per heavy atom. The first-order valence-electron chi connectivity index (χ1n) is 3.69. The second-order valence-electron chi connectivity index (χ2n) is 2.22. The van der Waals surface area contributed by atoms with Crippen molar-refractivity contribution >= 4 is 18.4 Å². The number of anilines is 1. The van der Waals surface area contributed by atoms with Crippen LogP contribution in [0.4, 0.5) is 5.82 Å². The Morgan fingerprint density at radius 2 is 2.36 bits per heavy atom. The minimum atomic E-state index is 0.917. The van der Waals surface area contributed by atoms with E-state index < -0.39 is 0 Å². The smallest absolute Gasteiger partial charge is 0.125 e. The van der Waals surface area contributed by atoms with E-state index in [-0.39, 0.29) is 0 Å². The topological polar surface area (TPSA) is 24.9 Å². The number of nitrogens with zero attached hydrogens (tertiary/aromatic N) is 1. The van der Waals surface area contributed by atoms with E-state index in [0.29, 0.717) is 0 Å². The van der Waals surface area contributed by atoms with Crippen molar-refractivity contribution in [1.29, 1.82) is 0 Å². The maximum Gasteiger partial charge on any atom is 0.125 e. The first-order valence-corrected chi connectivity index (χ1v) is 4.32. The highest BCUT2D eigenvalue weighted by atomic mass is 32.1. The van der Waals surface area contributed by atoms with Crippen molar-refractivity contribution in [3.63, 3.8) is 0 Å². The van der Waals surface area contributed by atoms with Gasteiger partial charge in [0.2, 0.25) is 0 Å². The number of pyridine rings is 1. The quantitative estimate of drug-likeness (QED) is 0.529. The lowest BCUT2D eigenvalue weighted by Crippen LogP contribution is -2.02. The normalized spacial score (nSPS) is 9.55. The molecule has 1 rings (SSSR count). The number of rotatable bonds is 4. The molecule has 1 heterocycles. The van der Waals surface area contributed by atoms with Crippen molar-refractivity contribution in [2.45, 2.75) is 6.42 Å². The zero-order valence-corrected chi connectivity index (χ0v) is 7.22. The number of hydrogen-bond donors (Lipinski definition) is 2. The molecule has 0 atom stereocenters. The summed E-state index contributed by atoms with van der Waals surface area (Å²) in [6, 6.07) is 5.83. The molecule has 1 N–H and O–H groups in total. The lowest BCUT2D eigenvalue weighted by Gasteiger charge is -2.01. The zero-order valence-electron chi connectivity index (χ0n) is 6.33.